The number of hydrogen-bond acceptors (Lipinski definition) is 2. The minimum absolute atomic E-state index is 1.15. The molecule has 4 nitrogen and oxygen atoms in total. The summed E-state index contributed by atoms with van der Waals surface area (Å²) in [5.74, 6) is 0. The smallest absolute Gasteiger partial charge is 0.0541 e. The zero-order valence-electron chi connectivity index (χ0n) is 66.2. The summed E-state index contributed by atoms with van der Waals surface area (Å²) in [6.07, 6.45) is 0. The molecule has 26 rings (SSSR count). The summed E-state index contributed by atoms with van der Waals surface area (Å²) >= 11 is 3.74. The molecule has 0 radical (unpaired) electrons. The molecule has 0 spiro atoms. The lowest BCUT2D eigenvalue weighted by Crippen LogP contribution is -1.94. The van der Waals surface area contributed by atoms with Gasteiger partial charge in [-0.2, -0.15) is 0 Å². The van der Waals surface area contributed by atoms with Gasteiger partial charge in [0.2, 0.25) is 0 Å². The van der Waals surface area contributed by atoms with E-state index >= 15 is 0 Å². The maximum absolute atomic E-state index is 2.42. The summed E-state index contributed by atoms with van der Waals surface area (Å²) < 4.78 is 15.0. The molecule has 26 aromatic rings. The van der Waals surface area contributed by atoms with E-state index in [0.29, 0.717) is 0 Å². The van der Waals surface area contributed by atoms with Crippen molar-refractivity contribution in [2.45, 2.75) is 0 Å². The molecule has 0 amide bonds. The quantitative estimate of drug-likeness (QED) is 0.130. The predicted octanol–water partition coefficient (Wildman–Crippen LogP) is 32.8. The summed E-state index contributed by atoms with van der Waals surface area (Å²) in [4.78, 5) is 0. The first kappa shape index (κ1) is 69.7. The fraction of sp³-hybridized carbons (Fsp3) is 0. The molecule has 20 aromatic carbocycles. The zero-order chi connectivity index (χ0) is 80.0. The van der Waals surface area contributed by atoms with E-state index in [0.717, 1.165) is 22.7 Å². The van der Waals surface area contributed by atoms with E-state index in [-0.39, 0.29) is 0 Å². The van der Waals surface area contributed by atoms with Crippen LogP contribution in [0.15, 0.2) is 437 Å². The highest BCUT2D eigenvalue weighted by atomic mass is 32.1. The van der Waals surface area contributed by atoms with E-state index in [1.807, 2.05) is 22.7 Å². The van der Waals surface area contributed by atoms with Gasteiger partial charge in [0.1, 0.15) is 0 Å². The molecule has 0 N–H and O–H groups in total. The van der Waals surface area contributed by atoms with Gasteiger partial charge in [-0.05, 0) is 264 Å². The first-order valence-electron chi connectivity index (χ1n) is 41.8. The second kappa shape index (κ2) is 28.1. The van der Waals surface area contributed by atoms with Crippen molar-refractivity contribution in [2.24, 2.45) is 0 Å². The van der Waals surface area contributed by atoms with E-state index < -0.39 is 0 Å². The molecule has 0 aliphatic heterocycles. The SMILES string of the molecule is c1ccc(-n2c3ccc(-c4ccc5c(c4)c4ccccc4n5-c4ccc(-c5ccc6ccccc6c5)cc4)cc3c3cc(-c4cccc5sc6ccccc6c45)ccc32)cc1.c1ccc(-n2c3ccc(-c4ccc5sc6ccccc6c5c4)cc3c3cc(-c4ccc5c(c4)c4ccccc4n5-c4ccc(-c5ccc6ccccc6c5)cc4)ccc32)cc1. The van der Waals surface area contributed by atoms with Crippen molar-refractivity contribution < 1.29 is 0 Å². The van der Waals surface area contributed by atoms with E-state index in [9.17, 15) is 0 Å². The van der Waals surface area contributed by atoms with Gasteiger partial charge in [0.15, 0.2) is 0 Å². The van der Waals surface area contributed by atoms with Crippen LogP contribution < -0.4 is 0 Å². The Labute approximate surface area is 711 Å². The molecule has 568 valence electrons. The van der Waals surface area contributed by atoms with Crippen LogP contribution in [0.2, 0.25) is 0 Å². The van der Waals surface area contributed by atoms with Gasteiger partial charge < -0.3 is 18.3 Å². The molecule has 122 heavy (non-hydrogen) atoms. The van der Waals surface area contributed by atoms with Gasteiger partial charge in [-0.1, -0.05) is 261 Å². The van der Waals surface area contributed by atoms with E-state index in [2.05, 4.69) is 455 Å². The summed E-state index contributed by atoms with van der Waals surface area (Å²) in [5.41, 5.74) is 28.9. The Hall–Kier alpha value is -15.4. The lowest BCUT2D eigenvalue weighted by molar-refractivity contribution is 1.18. The number of hydrogen-bond donors (Lipinski definition) is 0. The Morgan fingerprint density at radius 3 is 0.869 bits per heavy atom. The molecule has 6 aromatic heterocycles. The molecule has 0 atom stereocenters. The molecule has 0 saturated heterocycles. The van der Waals surface area contributed by atoms with Crippen LogP contribution in [0, 0.1) is 0 Å². The Kier molecular flexibility index (Phi) is 16.1. The van der Waals surface area contributed by atoms with Crippen molar-refractivity contribution in [2.75, 3.05) is 0 Å². The van der Waals surface area contributed by atoms with Crippen molar-refractivity contribution in [3.63, 3.8) is 0 Å². The average molecular weight is 1590 g/mol. The normalized spacial score (nSPS) is 11.9. The van der Waals surface area contributed by atoms with Crippen LogP contribution in [0.1, 0.15) is 0 Å². The molecule has 6 heterocycles. The standard InChI is InChI=1S/2C58H36N2S/c1-2-13-44(14-3-1)59-54-31-26-42(35-50(54)51-36-43(27-32-55(51)59)46-17-10-20-57-58(46)48-16-7-9-19-56(48)61-57)41-25-30-53-49(34-41)47-15-6-8-18-52(47)60(53)45-28-23-38(24-29-45)40-22-21-37-11-4-5-12-39(37)33-40;1-2-12-45(13-3-1)59-55-29-23-42(34-50(55)51-35-43(24-30-56(51)59)44-25-31-58-52(36-44)48-15-7-9-17-57(48)61-58)41-22-28-54-49(33-41)47-14-6-8-16-53(47)60(54)46-26-20-38(21-27-46)40-19-18-37-10-4-5-11-39(37)32-40/h2*1-36H. The molecule has 0 unspecified atom stereocenters. The van der Waals surface area contributed by atoms with Crippen molar-refractivity contribution in [1.82, 2.24) is 18.3 Å². The third-order valence-electron chi connectivity index (χ3n) is 25.4. The highest BCUT2D eigenvalue weighted by Gasteiger charge is 2.23. The van der Waals surface area contributed by atoms with Crippen LogP contribution in [-0.4, -0.2) is 18.3 Å². The number of nitrogens with zero attached hydrogens (tertiary/aromatic N) is 4. The van der Waals surface area contributed by atoms with Crippen LogP contribution in [0.4, 0.5) is 0 Å². The number of thiophene rings is 2. The van der Waals surface area contributed by atoms with Crippen LogP contribution in [0.25, 0.3) is 239 Å². The van der Waals surface area contributed by atoms with Crippen molar-refractivity contribution >= 4 is 172 Å². The van der Waals surface area contributed by atoms with Gasteiger partial charge in [-0.25, -0.2) is 0 Å². The van der Waals surface area contributed by atoms with Crippen molar-refractivity contribution in [3.8, 4) is 89.5 Å². The fourth-order valence-electron chi connectivity index (χ4n) is 19.6. The van der Waals surface area contributed by atoms with Crippen LogP contribution >= 0.6 is 22.7 Å². The largest absolute Gasteiger partial charge is 0.309 e. The number of rotatable bonds is 10. The minimum atomic E-state index is 1.15. The molecule has 0 aliphatic carbocycles. The van der Waals surface area contributed by atoms with Gasteiger partial charge >= 0.3 is 0 Å². The highest BCUT2D eigenvalue weighted by Crippen LogP contribution is 2.47. The molecule has 0 fully saturated rings. The second-order valence-corrected chi connectivity index (χ2v) is 34.4. The van der Waals surface area contributed by atoms with E-state index in [4.69, 9.17) is 0 Å². The third kappa shape index (κ3) is 11.4. The van der Waals surface area contributed by atoms with Crippen LogP contribution in [-0.2, 0) is 0 Å². The Balaban J connectivity index is 0.000000134. The Bertz CT molecular complexity index is 8750. The third-order valence-corrected chi connectivity index (χ3v) is 27.7. The van der Waals surface area contributed by atoms with Crippen molar-refractivity contribution in [3.05, 3.63) is 437 Å². The van der Waals surface area contributed by atoms with Crippen molar-refractivity contribution in [1.29, 1.82) is 0 Å². The minimum Gasteiger partial charge on any atom is -0.309 e. The topological polar surface area (TPSA) is 19.7 Å². The lowest BCUT2D eigenvalue weighted by atomic mass is 9.97. The van der Waals surface area contributed by atoms with Gasteiger partial charge in [-0.15, -0.1) is 22.7 Å². The molecule has 0 saturated carbocycles. The van der Waals surface area contributed by atoms with Gasteiger partial charge in [-0.3, -0.25) is 0 Å². The Morgan fingerprint density at radius 2 is 0.418 bits per heavy atom. The first-order chi connectivity index (χ1) is 60.4. The summed E-state index contributed by atoms with van der Waals surface area (Å²) in [5, 5.41) is 20.3. The maximum atomic E-state index is 2.42. The monoisotopic (exact) mass is 1580 g/mol. The van der Waals surface area contributed by atoms with Gasteiger partial charge in [0.05, 0.1) is 44.1 Å². The number of para-hydroxylation sites is 4. The first-order valence-corrected chi connectivity index (χ1v) is 43.4. The molecule has 6 heteroatoms. The van der Waals surface area contributed by atoms with Crippen LogP contribution in [0.3, 0.4) is 0 Å². The predicted molar refractivity (Wildman–Crippen MR) is 524 cm³/mol. The molecule has 0 aliphatic rings. The fourth-order valence-corrected chi connectivity index (χ4v) is 21.8. The Morgan fingerprint density at radius 1 is 0.139 bits per heavy atom. The average Bonchev–Trinajstić information content (AvgIpc) is 1.56. The summed E-state index contributed by atoms with van der Waals surface area (Å²) in [6, 6.07) is 161. The van der Waals surface area contributed by atoms with Crippen LogP contribution in [0.5, 0.6) is 0 Å². The number of aromatic nitrogens is 4. The molecular weight excluding hydrogens is 1510 g/mol. The second-order valence-electron chi connectivity index (χ2n) is 32.2. The zero-order valence-corrected chi connectivity index (χ0v) is 67.8. The maximum Gasteiger partial charge on any atom is 0.0541 e. The number of benzene rings is 20. The van der Waals surface area contributed by atoms with E-state index in [1.165, 1.54) is 216 Å². The highest BCUT2D eigenvalue weighted by molar-refractivity contribution is 7.26. The summed E-state index contributed by atoms with van der Waals surface area (Å²) in [6.45, 7) is 0. The lowest BCUT2D eigenvalue weighted by Gasteiger charge is -2.11. The summed E-state index contributed by atoms with van der Waals surface area (Å²) in [7, 11) is 0. The van der Waals surface area contributed by atoms with E-state index in [1.54, 1.807) is 0 Å². The van der Waals surface area contributed by atoms with Gasteiger partial charge in [0.25, 0.3) is 0 Å². The molecule has 0 bridgehead atoms. The molecular formula is C116H72N4S2. The van der Waals surface area contributed by atoms with Gasteiger partial charge in [0, 0.05) is 106 Å². The number of fused-ring (bicyclic) bond motifs is 20.